The lowest BCUT2D eigenvalue weighted by Crippen LogP contribution is -2.53. The molecule has 0 saturated carbocycles. The van der Waals surface area contributed by atoms with Gasteiger partial charge in [0.25, 0.3) is 0 Å². The van der Waals surface area contributed by atoms with Crippen LogP contribution in [0.15, 0.2) is 18.2 Å². The molecule has 1 aromatic carbocycles. The summed E-state index contributed by atoms with van der Waals surface area (Å²) in [4.78, 5) is 53.8. The maximum Gasteiger partial charge on any atom is 0.408 e. The number of nitrogens with zero attached hydrogens (tertiary/aromatic N) is 1. The highest BCUT2D eigenvalue weighted by Gasteiger charge is 2.36. The number of benzene rings is 1. The second kappa shape index (κ2) is 17.0. The number of amides is 3. The molecule has 10 heteroatoms. The van der Waals surface area contributed by atoms with Crippen LogP contribution < -0.4 is 10.6 Å². The quantitative estimate of drug-likeness (QED) is 0.297. The molecule has 220 valence electrons. The molecule has 0 radical (unpaired) electrons. The van der Waals surface area contributed by atoms with Crippen LogP contribution in [0.1, 0.15) is 83.0 Å². The monoisotopic (exact) mass is 565 g/mol. The van der Waals surface area contributed by atoms with Crippen molar-refractivity contribution in [2.75, 3.05) is 31.7 Å². The van der Waals surface area contributed by atoms with E-state index in [1.54, 1.807) is 44.4 Å². The molecule has 39 heavy (non-hydrogen) atoms. The Balaban J connectivity index is 3.42. The summed E-state index contributed by atoms with van der Waals surface area (Å²) in [5, 5.41) is 5.56. The highest BCUT2D eigenvalue weighted by atomic mass is 32.2. The Labute approximate surface area is 238 Å². The van der Waals surface area contributed by atoms with Crippen LogP contribution in [0, 0.1) is 13.8 Å². The van der Waals surface area contributed by atoms with Gasteiger partial charge in [-0.25, -0.2) is 4.79 Å². The van der Waals surface area contributed by atoms with Crippen LogP contribution in [-0.4, -0.2) is 72.1 Å². The van der Waals surface area contributed by atoms with Gasteiger partial charge in [-0.2, -0.15) is 11.8 Å². The number of hydrogen-bond acceptors (Lipinski definition) is 7. The molecule has 0 heterocycles. The SMILES string of the molecule is CCCCN(C(=O)C(CCSC)NC(=O)OC(C)(C)C)C(C(=O)NCCC(=O)OCC)c1ccc(C)c(C)c1. The van der Waals surface area contributed by atoms with Gasteiger partial charge in [-0.1, -0.05) is 31.5 Å². The third-order valence-corrected chi connectivity index (χ3v) is 6.62. The molecule has 0 bridgehead atoms. The lowest BCUT2D eigenvalue weighted by molar-refractivity contribution is -0.144. The number of carbonyl (C=O) groups excluding carboxylic acids is 4. The summed E-state index contributed by atoms with van der Waals surface area (Å²) < 4.78 is 10.4. The van der Waals surface area contributed by atoms with E-state index < -0.39 is 35.7 Å². The van der Waals surface area contributed by atoms with E-state index >= 15 is 0 Å². The largest absolute Gasteiger partial charge is 0.466 e. The van der Waals surface area contributed by atoms with Crippen molar-refractivity contribution in [3.05, 3.63) is 34.9 Å². The van der Waals surface area contributed by atoms with Gasteiger partial charge in [-0.3, -0.25) is 14.4 Å². The van der Waals surface area contributed by atoms with Crippen molar-refractivity contribution in [3.63, 3.8) is 0 Å². The third kappa shape index (κ3) is 12.3. The first-order valence-corrected chi connectivity index (χ1v) is 15.0. The van der Waals surface area contributed by atoms with Crippen molar-refractivity contribution in [1.29, 1.82) is 0 Å². The van der Waals surface area contributed by atoms with Crippen molar-refractivity contribution >= 4 is 35.6 Å². The summed E-state index contributed by atoms with van der Waals surface area (Å²) in [5.41, 5.74) is 2.00. The van der Waals surface area contributed by atoms with Gasteiger partial charge in [0.05, 0.1) is 13.0 Å². The number of unbranched alkanes of at least 4 members (excludes halogenated alkanes) is 1. The molecule has 0 fully saturated rings. The zero-order valence-corrected chi connectivity index (χ0v) is 25.7. The summed E-state index contributed by atoms with van der Waals surface area (Å²) >= 11 is 1.56. The van der Waals surface area contributed by atoms with Gasteiger partial charge in [-0.15, -0.1) is 0 Å². The molecule has 0 aromatic heterocycles. The van der Waals surface area contributed by atoms with Gasteiger partial charge in [0.1, 0.15) is 17.7 Å². The van der Waals surface area contributed by atoms with Crippen molar-refractivity contribution in [1.82, 2.24) is 15.5 Å². The summed E-state index contributed by atoms with van der Waals surface area (Å²) in [6.07, 6.45) is 3.14. The molecule has 0 aliphatic heterocycles. The molecule has 9 nitrogen and oxygen atoms in total. The number of carbonyl (C=O) groups is 4. The molecule has 2 atom stereocenters. The maximum atomic E-state index is 14.1. The minimum Gasteiger partial charge on any atom is -0.466 e. The highest BCUT2D eigenvalue weighted by Crippen LogP contribution is 2.26. The summed E-state index contributed by atoms with van der Waals surface area (Å²) in [7, 11) is 0. The maximum absolute atomic E-state index is 14.1. The van der Waals surface area contributed by atoms with Crippen LogP contribution in [0.2, 0.25) is 0 Å². The third-order valence-electron chi connectivity index (χ3n) is 5.98. The first kappa shape index (κ1) is 34.3. The Morgan fingerprint density at radius 3 is 2.33 bits per heavy atom. The van der Waals surface area contributed by atoms with E-state index in [0.717, 1.165) is 17.5 Å². The van der Waals surface area contributed by atoms with Gasteiger partial charge in [0, 0.05) is 13.1 Å². The Morgan fingerprint density at radius 1 is 1.08 bits per heavy atom. The Morgan fingerprint density at radius 2 is 1.77 bits per heavy atom. The second-order valence-electron chi connectivity index (χ2n) is 10.5. The fourth-order valence-electron chi connectivity index (χ4n) is 3.86. The van der Waals surface area contributed by atoms with Gasteiger partial charge in [0.15, 0.2) is 0 Å². The molecule has 0 spiro atoms. The molecule has 0 aliphatic rings. The second-order valence-corrected chi connectivity index (χ2v) is 11.4. The van der Waals surface area contributed by atoms with Gasteiger partial charge in [-0.05, 0) is 83.1 Å². The van der Waals surface area contributed by atoms with E-state index in [4.69, 9.17) is 9.47 Å². The lowest BCUT2D eigenvalue weighted by atomic mass is 9.98. The topological polar surface area (TPSA) is 114 Å². The highest BCUT2D eigenvalue weighted by molar-refractivity contribution is 7.98. The Kier molecular flexibility index (Phi) is 15.0. The first-order valence-electron chi connectivity index (χ1n) is 13.6. The molecule has 2 N–H and O–H groups in total. The van der Waals surface area contributed by atoms with Crippen molar-refractivity contribution < 1.29 is 28.7 Å². The van der Waals surface area contributed by atoms with Crippen LogP contribution >= 0.6 is 11.8 Å². The smallest absolute Gasteiger partial charge is 0.408 e. The van der Waals surface area contributed by atoms with Crippen LogP contribution in [-0.2, 0) is 23.9 Å². The zero-order valence-electron chi connectivity index (χ0n) is 24.8. The molecule has 1 rings (SSSR count). The fraction of sp³-hybridized carbons (Fsp3) is 0.655. The summed E-state index contributed by atoms with van der Waals surface area (Å²) in [6.45, 7) is 13.6. The average molecular weight is 566 g/mol. The van der Waals surface area contributed by atoms with E-state index in [1.807, 2.05) is 45.2 Å². The standard InChI is InChI=1S/C29H47N3O6S/c1-9-11-17-32(27(35)23(15-18-39-8)31-28(36)38-29(5,6)7)25(22-13-12-20(3)21(4)19-22)26(34)30-16-14-24(33)37-10-2/h12-13,19,23,25H,9-11,14-18H2,1-8H3,(H,30,34)(H,31,36). The van der Waals surface area contributed by atoms with Crippen LogP contribution in [0.25, 0.3) is 0 Å². The van der Waals surface area contributed by atoms with Crippen LogP contribution in [0.3, 0.4) is 0 Å². The van der Waals surface area contributed by atoms with Crippen LogP contribution in [0.5, 0.6) is 0 Å². The van der Waals surface area contributed by atoms with Crippen molar-refractivity contribution in [2.24, 2.45) is 0 Å². The summed E-state index contributed by atoms with van der Waals surface area (Å²) in [6, 6.07) is 3.88. The molecule has 2 unspecified atom stereocenters. The predicted molar refractivity (Wildman–Crippen MR) is 156 cm³/mol. The van der Waals surface area contributed by atoms with Crippen molar-refractivity contribution in [2.45, 2.75) is 91.8 Å². The first-order chi connectivity index (χ1) is 18.3. The van der Waals surface area contributed by atoms with E-state index in [9.17, 15) is 19.2 Å². The number of ether oxygens (including phenoxy) is 2. The van der Waals surface area contributed by atoms with E-state index in [1.165, 1.54) is 0 Å². The zero-order chi connectivity index (χ0) is 29.6. The number of thioether (sulfide) groups is 1. The minimum atomic E-state index is -0.942. The number of nitrogens with one attached hydrogen (secondary N) is 2. The Hall–Kier alpha value is -2.75. The molecular weight excluding hydrogens is 518 g/mol. The van der Waals surface area contributed by atoms with E-state index in [2.05, 4.69) is 10.6 Å². The molecule has 0 aliphatic carbocycles. The predicted octanol–water partition coefficient (Wildman–Crippen LogP) is 4.69. The van der Waals surface area contributed by atoms with Gasteiger partial charge < -0.3 is 25.0 Å². The van der Waals surface area contributed by atoms with Gasteiger partial charge in [0.2, 0.25) is 11.8 Å². The number of esters is 1. The van der Waals surface area contributed by atoms with Crippen LogP contribution in [0.4, 0.5) is 4.79 Å². The number of hydrogen-bond donors (Lipinski definition) is 2. The summed E-state index contributed by atoms with van der Waals surface area (Å²) in [5.74, 6) is -0.522. The minimum absolute atomic E-state index is 0.0265. The number of aryl methyl sites for hydroxylation is 2. The normalized spacial score (nSPS) is 12.7. The molecule has 3 amide bonds. The number of rotatable bonds is 15. The molecular formula is C29H47N3O6S. The molecule has 0 saturated heterocycles. The van der Waals surface area contributed by atoms with E-state index in [0.29, 0.717) is 30.7 Å². The van der Waals surface area contributed by atoms with Gasteiger partial charge >= 0.3 is 12.1 Å². The fourth-order valence-corrected chi connectivity index (χ4v) is 4.33. The average Bonchev–Trinajstić information content (AvgIpc) is 2.84. The van der Waals surface area contributed by atoms with Crippen molar-refractivity contribution in [3.8, 4) is 0 Å². The number of alkyl carbamates (subject to hydrolysis) is 1. The van der Waals surface area contributed by atoms with E-state index in [-0.39, 0.29) is 25.5 Å². The Bertz CT molecular complexity index is 963. The lowest BCUT2D eigenvalue weighted by Gasteiger charge is -2.34. The molecule has 1 aromatic rings.